The van der Waals surface area contributed by atoms with E-state index in [1.165, 1.54) is 6.92 Å². The zero-order chi connectivity index (χ0) is 14.8. The van der Waals surface area contributed by atoms with Crippen LogP contribution >= 0.6 is 0 Å². The number of hydrogen-bond donors (Lipinski definition) is 2. The number of ether oxygens (including phenoxy) is 3. The largest absolute Gasteiger partial charge is 0.466 e. The van der Waals surface area contributed by atoms with Crippen molar-refractivity contribution in [2.75, 3.05) is 14.2 Å². The Kier molecular flexibility index (Phi) is 4.21. The maximum atomic E-state index is 11.8. The summed E-state index contributed by atoms with van der Waals surface area (Å²) in [6.07, 6.45) is 0.0780. The Morgan fingerprint density at radius 2 is 1.79 bits per heavy atom. The van der Waals surface area contributed by atoms with Crippen molar-refractivity contribution in [3.63, 3.8) is 0 Å². The molecule has 108 valence electrons. The van der Waals surface area contributed by atoms with Crippen molar-refractivity contribution < 1.29 is 34.0 Å². The summed E-state index contributed by atoms with van der Waals surface area (Å²) < 4.78 is 14.2. The maximum absolute atomic E-state index is 11.8. The van der Waals surface area contributed by atoms with E-state index in [0.29, 0.717) is 0 Å². The van der Waals surface area contributed by atoms with Crippen LogP contribution in [0, 0.1) is 0 Å². The average Bonchev–Trinajstić information content (AvgIpc) is 2.67. The number of hydrogen-bond acceptors (Lipinski definition) is 7. The van der Waals surface area contributed by atoms with Crippen molar-refractivity contribution in [2.45, 2.75) is 38.1 Å². The second-order valence-corrected chi connectivity index (χ2v) is 4.09. The quantitative estimate of drug-likeness (QED) is 0.687. The molecule has 1 heterocycles. The van der Waals surface area contributed by atoms with Gasteiger partial charge in [0.25, 0.3) is 11.4 Å². The third-order valence-electron chi connectivity index (χ3n) is 3.17. The Morgan fingerprint density at radius 1 is 1.21 bits per heavy atom. The van der Waals surface area contributed by atoms with Gasteiger partial charge in [0.1, 0.15) is 11.3 Å². The molecule has 0 bridgehead atoms. The molecule has 0 aromatic carbocycles. The topological polar surface area (TPSA) is 102 Å². The predicted octanol–water partition coefficient (Wildman–Crippen LogP) is -0.144. The average molecular weight is 274 g/mol. The number of esters is 2. The summed E-state index contributed by atoms with van der Waals surface area (Å²) in [5, 5.41) is 20.8. The number of methoxy groups -OCH3 is 2. The van der Waals surface area contributed by atoms with Crippen molar-refractivity contribution in [3.8, 4) is 0 Å². The Morgan fingerprint density at radius 3 is 2.16 bits per heavy atom. The van der Waals surface area contributed by atoms with E-state index in [-0.39, 0.29) is 18.6 Å². The lowest BCUT2D eigenvalue weighted by Crippen LogP contribution is -2.59. The minimum Gasteiger partial charge on any atom is -0.466 e. The first kappa shape index (κ1) is 15.5. The van der Waals surface area contributed by atoms with Crippen LogP contribution in [0.15, 0.2) is 11.3 Å². The van der Waals surface area contributed by atoms with Crippen LogP contribution in [-0.2, 0) is 23.8 Å². The molecular weight excluding hydrogens is 256 g/mol. The Balaban J connectivity index is 3.50. The van der Waals surface area contributed by atoms with E-state index in [9.17, 15) is 19.8 Å². The summed E-state index contributed by atoms with van der Waals surface area (Å²) in [5.41, 5.74) is -3.02. The van der Waals surface area contributed by atoms with Crippen molar-refractivity contribution in [1.82, 2.24) is 0 Å². The van der Waals surface area contributed by atoms with Crippen LogP contribution in [0.4, 0.5) is 0 Å². The fourth-order valence-corrected chi connectivity index (χ4v) is 2.08. The van der Waals surface area contributed by atoms with Gasteiger partial charge in [-0.25, -0.2) is 9.59 Å². The first-order valence-corrected chi connectivity index (χ1v) is 5.86. The van der Waals surface area contributed by atoms with E-state index in [4.69, 9.17) is 4.74 Å². The van der Waals surface area contributed by atoms with E-state index in [2.05, 4.69) is 9.47 Å². The van der Waals surface area contributed by atoms with E-state index in [1.807, 2.05) is 0 Å². The van der Waals surface area contributed by atoms with Gasteiger partial charge in [0.05, 0.1) is 14.2 Å². The number of carbonyl (C=O) groups is 2. The fourth-order valence-electron chi connectivity index (χ4n) is 2.08. The zero-order valence-electron chi connectivity index (χ0n) is 11.3. The summed E-state index contributed by atoms with van der Waals surface area (Å²) in [5.74, 6) is -4.38. The highest BCUT2D eigenvalue weighted by molar-refractivity contribution is 6.02. The first-order valence-electron chi connectivity index (χ1n) is 5.86. The maximum Gasteiger partial charge on any atom is 0.350 e. The van der Waals surface area contributed by atoms with Gasteiger partial charge < -0.3 is 24.4 Å². The molecule has 2 atom stereocenters. The number of aliphatic hydroxyl groups is 2. The van der Waals surface area contributed by atoms with Crippen LogP contribution in [0.3, 0.4) is 0 Å². The van der Waals surface area contributed by atoms with Crippen molar-refractivity contribution in [2.24, 2.45) is 0 Å². The molecule has 1 rings (SSSR count). The lowest BCUT2D eigenvalue weighted by molar-refractivity contribution is -0.254. The van der Waals surface area contributed by atoms with Crippen LogP contribution in [0.5, 0.6) is 0 Å². The first-order chi connectivity index (χ1) is 8.82. The highest BCUT2D eigenvalue weighted by atomic mass is 16.7. The Labute approximate surface area is 110 Å². The van der Waals surface area contributed by atoms with Gasteiger partial charge in [0.15, 0.2) is 0 Å². The van der Waals surface area contributed by atoms with Gasteiger partial charge >= 0.3 is 11.9 Å². The lowest BCUT2D eigenvalue weighted by Gasteiger charge is -2.34. The molecule has 2 N–H and O–H groups in total. The highest BCUT2D eigenvalue weighted by Crippen LogP contribution is 2.45. The molecule has 1 aliphatic rings. The molecule has 0 unspecified atom stereocenters. The van der Waals surface area contributed by atoms with Crippen molar-refractivity contribution >= 4 is 11.9 Å². The van der Waals surface area contributed by atoms with Crippen LogP contribution in [-0.4, -0.2) is 47.8 Å². The minimum absolute atomic E-state index is 0.00380. The molecular formula is C12H18O7. The van der Waals surface area contributed by atoms with Gasteiger partial charge in [-0.05, 0) is 0 Å². The van der Waals surface area contributed by atoms with Gasteiger partial charge in [-0.2, -0.15) is 0 Å². The molecule has 0 fully saturated rings. The normalized spacial score (nSPS) is 30.0. The smallest absolute Gasteiger partial charge is 0.350 e. The molecule has 0 radical (unpaired) electrons. The molecule has 19 heavy (non-hydrogen) atoms. The van der Waals surface area contributed by atoms with Gasteiger partial charge in [-0.15, -0.1) is 0 Å². The fraction of sp³-hybridized carbons (Fsp3) is 0.667. The molecule has 0 amide bonds. The van der Waals surface area contributed by atoms with E-state index in [0.717, 1.165) is 14.2 Å². The predicted molar refractivity (Wildman–Crippen MR) is 62.6 cm³/mol. The number of rotatable bonds is 4. The van der Waals surface area contributed by atoms with Crippen molar-refractivity contribution in [1.29, 1.82) is 0 Å². The van der Waals surface area contributed by atoms with Crippen LogP contribution < -0.4 is 0 Å². The molecule has 0 spiro atoms. The standard InChI is InChI=1S/C12H18O7/c1-5-7-8(9(13)17-3)12(16,10(14)18-4)11(15,6-2)19-7/h15-16H,5-6H2,1-4H3/t11-,12+/m0/s1. The third kappa shape index (κ3) is 1.98. The zero-order valence-corrected chi connectivity index (χ0v) is 11.3. The summed E-state index contributed by atoms with van der Waals surface area (Å²) in [4.78, 5) is 23.6. The number of allylic oxidation sites excluding steroid dienone is 1. The Hall–Kier alpha value is -1.60. The molecule has 0 saturated heterocycles. The number of carbonyl (C=O) groups excluding carboxylic acids is 2. The molecule has 7 heteroatoms. The van der Waals surface area contributed by atoms with Gasteiger partial charge in [0, 0.05) is 12.8 Å². The SMILES string of the molecule is CCC1=C(C(=O)OC)[C@@](O)(C(=O)OC)[C@](O)(CC)O1. The van der Waals surface area contributed by atoms with Crippen LogP contribution in [0.1, 0.15) is 26.7 Å². The highest BCUT2D eigenvalue weighted by Gasteiger charge is 2.67. The van der Waals surface area contributed by atoms with E-state index >= 15 is 0 Å². The molecule has 0 aromatic heterocycles. The molecule has 0 saturated carbocycles. The van der Waals surface area contributed by atoms with Crippen LogP contribution in [0.2, 0.25) is 0 Å². The molecule has 1 aliphatic heterocycles. The monoisotopic (exact) mass is 274 g/mol. The Bertz CT molecular complexity index is 428. The van der Waals surface area contributed by atoms with E-state index in [1.54, 1.807) is 6.92 Å². The summed E-state index contributed by atoms with van der Waals surface area (Å²) >= 11 is 0. The minimum atomic E-state index is -2.60. The molecule has 0 aliphatic carbocycles. The molecule has 0 aromatic rings. The third-order valence-corrected chi connectivity index (χ3v) is 3.17. The summed E-state index contributed by atoms with van der Waals surface area (Å²) in [6, 6.07) is 0. The van der Waals surface area contributed by atoms with Gasteiger partial charge in [-0.1, -0.05) is 13.8 Å². The summed E-state index contributed by atoms with van der Waals surface area (Å²) in [6.45, 7) is 3.15. The van der Waals surface area contributed by atoms with Crippen molar-refractivity contribution in [3.05, 3.63) is 11.3 Å². The lowest BCUT2D eigenvalue weighted by atomic mass is 9.84. The van der Waals surface area contributed by atoms with E-state index < -0.39 is 28.9 Å². The molecule has 7 nitrogen and oxygen atoms in total. The van der Waals surface area contributed by atoms with Crippen LogP contribution in [0.25, 0.3) is 0 Å². The second kappa shape index (κ2) is 5.18. The summed E-state index contributed by atoms with van der Waals surface area (Å²) in [7, 11) is 2.14. The second-order valence-electron chi connectivity index (χ2n) is 4.09. The van der Waals surface area contributed by atoms with Gasteiger partial charge in [-0.3, -0.25) is 0 Å². The van der Waals surface area contributed by atoms with Gasteiger partial charge in [0.2, 0.25) is 0 Å².